The first kappa shape index (κ1) is 34.6. The van der Waals surface area contributed by atoms with Crippen molar-refractivity contribution >= 4 is 69.7 Å². The first-order valence-corrected chi connectivity index (χ1v) is 21.6. The lowest BCUT2D eigenvalue weighted by Gasteiger charge is -2.42. The summed E-state index contributed by atoms with van der Waals surface area (Å²) in [4.78, 5) is 15.3. The van der Waals surface area contributed by atoms with Gasteiger partial charge in [-0.3, -0.25) is 0 Å². The number of thiophene rings is 1. The molecule has 0 radical (unpaired) electrons. The molecule has 5 heteroatoms. The van der Waals surface area contributed by atoms with Gasteiger partial charge in [-0.15, -0.1) is 11.3 Å². The van der Waals surface area contributed by atoms with Crippen LogP contribution in [0.15, 0.2) is 146 Å². The largest absolute Gasteiger partial charge is 0.309 e. The Morgan fingerprint density at radius 3 is 1.83 bits per heavy atom. The number of aromatic nitrogens is 4. The molecule has 0 aliphatic heterocycles. The molecule has 0 saturated heterocycles. The van der Waals surface area contributed by atoms with Gasteiger partial charge in [-0.25, -0.2) is 15.0 Å². The topological polar surface area (TPSA) is 43.6 Å². The first-order chi connectivity index (χ1) is 28.7. The van der Waals surface area contributed by atoms with Gasteiger partial charge in [-0.05, 0) is 118 Å². The molecule has 0 amide bonds. The van der Waals surface area contributed by atoms with E-state index in [9.17, 15) is 0 Å². The first-order valence-electron chi connectivity index (χ1n) is 20.8. The van der Waals surface area contributed by atoms with Crippen LogP contribution < -0.4 is 0 Å². The predicted molar refractivity (Wildman–Crippen MR) is 249 cm³/mol. The highest BCUT2D eigenvalue weighted by Gasteiger charge is 2.38. The maximum Gasteiger partial charge on any atom is 0.164 e. The normalized spacial score (nSPS) is 15.6. The summed E-state index contributed by atoms with van der Waals surface area (Å²) >= 11 is 1.81. The summed E-state index contributed by atoms with van der Waals surface area (Å²) in [5.74, 6) is 1.99. The number of rotatable bonds is 5. The van der Waals surface area contributed by atoms with E-state index in [0.717, 1.165) is 28.8 Å². The van der Waals surface area contributed by atoms with E-state index >= 15 is 0 Å². The van der Waals surface area contributed by atoms with Gasteiger partial charge < -0.3 is 4.57 Å². The molecule has 0 saturated carbocycles. The molecule has 284 valence electrons. The minimum Gasteiger partial charge on any atom is -0.309 e. The fourth-order valence-corrected chi connectivity index (χ4v) is 10.9. The molecular formula is C54H42N4S. The maximum atomic E-state index is 5.17. The van der Waals surface area contributed by atoms with Crippen molar-refractivity contribution in [2.24, 2.45) is 0 Å². The van der Waals surface area contributed by atoms with Crippen LogP contribution >= 0.6 is 11.3 Å². The van der Waals surface area contributed by atoms with Gasteiger partial charge in [-0.1, -0.05) is 119 Å². The molecule has 3 heterocycles. The molecule has 0 N–H and O–H groups in total. The van der Waals surface area contributed by atoms with Crippen molar-refractivity contribution in [1.82, 2.24) is 19.5 Å². The van der Waals surface area contributed by atoms with Crippen LogP contribution in [0.3, 0.4) is 0 Å². The standard InChI is InChI=1S/C54H42N4S/c1-53(2)26-27-54(3,4)43-31-44-41(30-42(43)53)49-45(28-35-14-8-9-15-38(35)48(49)32-18-19-32)58(44)37-23-20-34(21-24-37)51-55-50(33-12-6-5-7-13-33)56-52(57-51)36-22-25-40-39-16-10-11-17-46(39)59-47(40)29-36/h5-18,20-25,28-31H,19,26-27H2,1-4H3. The highest BCUT2D eigenvalue weighted by molar-refractivity contribution is 7.25. The van der Waals surface area contributed by atoms with E-state index in [2.05, 4.69) is 160 Å². The highest BCUT2D eigenvalue weighted by Crippen LogP contribution is 2.51. The molecule has 0 bridgehead atoms. The fraction of sp³-hybridized carbons (Fsp3) is 0.167. The smallest absolute Gasteiger partial charge is 0.164 e. The second kappa shape index (κ2) is 12.5. The maximum absolute atomic E-state index is 5.17. The van der Waals surface area contributed by atoms with E-state index < -0.39 is 0 Å². The van der Waals surface area contributed by atoms with E-state index in [0.29, 0.717) is 17.5 Å². The third-order valence-electron chi connectivity index (χ3n) is 13.2. The van der Waals surface area contributed by atoms with Crippen molar-refractivity contribution < 1.29 is 0 Å². The lowest BCUT2D eigenvalue weighted by Crippen LogP contribution is -2.33. The van der Waals surface area contributed by atoms with Crippen LogP contribution in [-0.2, 0) is 10.8 Å². The Labute approximate surface area is 347 Å². The van der Waals surface area contributed by atoms with Crippen molar-refractivity contribution in [3.8, 4) is 39.9 Å². The van der Waals surface area contributed by atoms with E-state index in [-0.39, 0.29) is 10.8 Å². The van der Waals surface area contributed by atoms with E-state index in [1.807, 2.05) is 29.5 Å². The molecule has 12 rings (SSSR count). The summed E-state index contributed by atoms with van der Waals surface area (Å²) < 4.78 is 5.02. The van der Waals surface area contributed by atoms with E-state index in [1.165, 1.54) is 87.9 Å². The molecule has 2 aliphatic rings. The zero-order valence-corrected chi connectivity index (χ0v) is 34.5. The third-order valence-corrected chi connectivity index (χ3v) is 14.3. The zero-order valence-electron chi connectivity index (χ0n) is 33.7. The Kier molecular flexibility index (Phi) is 7.35. The van der Waals surface area contributed by atoms with Crippen LogP contribution in [0, 0.1) is 0 Å². The van der Waals surface area contributed by atoms with Gasteiger partial charge >= 0.3 is 0 Å². The van der Waals surface area contributed by atoms with Crippen LogP contribution in [-0.4, -0.2) is 19.5 Å². The summed E-state index contributed by atoms with van der Waals surface area (Å²) in [5, 5.41) is 7.85. The summed E-state index contributed by atoms with van der Waals surface area (Å²) in [6.07, 6.45) is 5.79. The van der Waals surface area contributed by atoms with Crippen LogP contribution in [0.4, 0.5) is 0 Å². The Bertz CT molecular complexity index is 3400. The fourth-order valence-electron chi connectivity index (χ4n) is 9.74. The molecule has 4 nitrogen and oxygen atoms in total. The van der Waals surface area contributed by atoms with Crippen LogP contribution in [0.25, 0.3) is 98.2 Å². The third kappa shape index (κ3) is 5.44. The predicted octanol–water partition coefficient (Wildman–Crippen LogP) is 14.6. The molecule has 59 heavy (non-hydrogen) atoms. The molecule has 2 aliphatic carbocycles. The number of hydrogen-bond donors (Lipinski definition) is 0. The summed E-state index contributed by atoms with van der Waals surface area (Å²) in [5.41, 5.74) is 12.5. The van der Waals surface area contributed by atoms with Crippen LogP contribution in [0.5, 0.6) is 0 Å². The molecule has 3 aromatic heterocycles. The Morgan fingerprint density at radius 1 is 0.508 bits per heavy atom. The number of benzene rings is 7. The molecule has 0 atom stereocenters. The SMILES string of the molecule is CC1(C)CCC(C)(C)c2cc3c(cc21)c1c(C2=CC2)c2ccccc2cc1n3-c1ccc(-c2nc(-c3ccccc3)nc(-c3ccc4c(c3)sc3ccccc34)n2)cc1. The molecule has 10 aromatic rings. The van der Waals surface area contributed by atoms with Gasteiger partial charge in [0.15, 0.2) is 17.5 Å². The second-order valence-electron chi connectivity index (χ2n) is 17.8. The highest BCUT2D eigenvalue weighted by atomic mass is 32.1. The molecule has 7 aromatic carbocycles. The Morgan fingerprint density at radius 2 is 1.10 bits per heavy atom. The second-order valence-corrected chi connectivity index (χ2v) is 18.9. The lowest BCUT2D eigenvalue weighted by molar-refractivity contribution is 0.332. The Hall–Kier alpha value is -6.43. The summed E-state index contributed by atoms with van der Waals surface area (Å²) in [6.45, 7) is 9.72. The van der Waals surface area contributed by atoms with Gasteiger partial charge in [0.05, 0.1) is 11.0 Å². The van der Waals surface area contributed by atoms with Crippen LogP contribution in [0.2, 0.25) is 0 Å². The van der Waals surface area contributed by atoms with Crippen molar-refractivity contribution in [1.29, 1.82) is 0 Å². The summed E-state index contributed by atoms with van der Waals surface area (Å²) in [6, 6.07) is 50.8. The van der Waals surface area contributed by atoms with Crippen molar-refractivity contribution in [3.63, 3.8) is 0 Å². The van der Waals surface area contributed by atoms with E-state index in [4.69, 9.17) is 15.0 Å². The number of nitrogens with zero attached hydrogens (tertiary/aromatic N) is 4. The molecule has 0 unspecified atom stereocenters. The Balaban J connectivity index is 1.05. The van der Waals surface area contributed by atoms with Gasteiger partial charge in [0, 0.05) is 53.3 Å². The summed E-state index contributed by atoms with van der Waals surface area (Å²) in [7, 11) is 0. The average molecular weight is 779 g/mol. The number of fused-ring (bicyclic) bond motifs is 8. The number of allylic oxidation sites excluding steroid dienone is 2. The molecule has 0 spiro atoms. The van der Waals surface area contributed by atoms with Gasteiger partial charge in [-0.2, -0.15) is 0 Å². The monoisotopic (exact) mass is 778 g/mol. The van der Waals surface area contributed by atoms with Crippen molar-refractivity contribution in [2.75, 3.05) is 0 Å². The molecule has 0 fully saturated rings. The van der Waals surface area contributed by atoms with Crippen molar-refractivity contribution in [2.45, 2.75) is 57.8 Å². The number of hydrogen-bond acceptors (Lipinski definition) is 4. The quantitative estimate of drug-likeness (QED) is 0.175. The zero-order chi connectivity index (χ0) is 39.6. The van der Waals surface area contributed by atoms with Gasteiger partial charge in [0.25, 0.3) is 0 Å². The molecular weight excluding hydrogens is 737 g/mol. The lowest BCUT2D eigenvalue weighted by atomic mass is 9.63. The van der Waals surface area contributed by atoms with E-state index in [1.54, 1.807) is 0 Å². The average Bonchev–Trinajstić information content (AvgIpc) is 3.97. The van der Waals surface area contributed by atoms with Crippen LogP contribution in [0.1, 0.15) is 63.6 Å². The minimum absolute atomic E-state index is 0.0884. The van der Waals surface area contributed by atoms with Gasteiger partial charge in [0.1, 0.15) is 0 Å². The minimum atomic E-state index is 0.0884. The van der Waals surface area contributed by atoms with Gasteiger partial charge in [0.2, 0.25) is 0 Å². The van der Waals surface area contributed by atoms with Crippen molar-refractivity contribution in [3.05, 3.63) is 162 Å².